The van der Waals surface area contributed by atoms with Gasteiger partial charge in [0.05, 0.1) is 22.4 Å². The summed E-state index contributed by atoms with van der Waals surface area (Å²) >= 11 is 0. The molecule has 0 saturated heterocycles. The Kier molecular flexibility index (Phi) is 7.44. The number of nitrogens with zero attached hydrogens (tertiary/aromatic N) is 2. The van der Waals surface area contributed by atoms with Crippen LogP contribution in [-0.4, -0.2) is 38.8 Å². The van der Waals surface area contributed by atoms with Gasteiger partial charge in [0.2, 0.25) is 10.0 Å². The van der Waals surface area contributed by atoms with E-state index in [9.17, 15) is 16.8 Å². The molecule has 0 radical (unpaired) electrons. The summed E-state index contributed by atoms with van der Waals surface area (Å²) in [6, 6.07) is 26.9. The smallest absolute Gasteiger partial charge is 0.268 e. The molecule has 7 nitrogen and oxygen atoms in total. The van der Waals surface area contributed by atoms with E-state index in [2.05, 4.69) is 0 Å². The van der Waals surface area contributed by atoms with Crippen LogP contribution in [0, 0.1) is 20.8 Å². The summed E-state index contributed by atoms with van der Waals surface area (Å²) in [6.45, 7) is 6.06. The summed E-state index contributed by atoms with van der Waals surface area (Å²) in [5, 5.41) is 0.732. The predicted molar refractivity (Wildman–Crippen MR) is 169 cm³/mol. The van der Waals surface area contributed by atoms with E-state index < -0.39 is 26.0 Å². The third-order valence-corrected chi connectivity index (χ3v) is 11.9. The van der Waals surface area contributed by atoms with Gasteiger partial charge in [-0.3, -0.25) is 0 Å². The monoisotopic (exact) mass is 614 g/mol. The number of ether oxygens (including phenoxy) is 1. The molecule has 0 saturated carbocycles. The van der Waals surface area contributed by atoms with E-state index >= 15 is 0 Å². The molecule has 43 heavy (non-hydrogen) atoms. The van der Waals surface area contributed by atoms with Crippen molar-refractivity contribution >= 4 is 30.9 Å². The summed E-state index contributed by atoms with van der Waals surface area (Å²) in [5.41, 5.74) is 5.59. The largest absolute Gasteiger partial charge is 0.497 e. The Morgan fingerprint density at radius 2 is 1.26 bits per heavy atom. The van der Waals surface area contributed by atoms with Gasteiger partial charge in [-0.2, -0.15) is 4.31 Å². The van der Waals surface area contributed by atoms with Gasteiger partial charge in [-0.1, -0.05) is 59.2 Å². The van der Waals surface area contributed by atoms with Crippen molar-refractivity contribution in [2.45, 2.75) is 49.4 Å². The summed E-state index contributed by atoms with van der Waals surface area (Å²) in [4.78, 5) is 0.398. The quantitative estimate of drug-likeness (QED) is 0.217. The number of aromatic nitrogens is 1. The SMILES string of the molecule is COc1ccc(C2CCN(S(=O)(=O)c3ccc(C)cc3)Cc3c2n(S(=O)(=O)c2ccc(C)cc2)c2ccc(C)cc32)cc1. The van der Waals surface area contributed by atoms with Crippen molar-refractivity contribution in [2.75, 3.05) is 13.7 Å². The maximum absolute atomic E-state index is 14.5. The first-order valence-electron chi connectivity index (χ1n) is 14.2. The summed E-state index contributed by atoms with van der Waals surface area (Å²) < 4.78 is 65.4. The maximum atomic E-state index is 14.5. The van der Waals surface area contributed by atoms with Crippen LogP contribution < -0.4 is 4.74 Å². The molecule has 0 amide bonds. The van der Waals surface area contributed by atoms with E-state index in [1.807, 2.05) is 63.2 Å². The highest BCUT2D eigenvalue weighted by Gasteiger charge is 2.37. The molecular weight excluding hydrogens is 581 g/mol. The Morgan fingerprint density at radius 1 is 0.698 bits per heavy atom. The third kappa shape index (κ3) is 5.15. The first-order chi connectivity index (χ1) is 20.5. The number of rotatable bonds is 6. The molecule has 0 fully saturated rings. The Bertz CT molecular complexity index is 2030. The summed E-state index contributed by atoms with van der Waals surface area (Å²) in [5.74, 6) is 0.289. The van der Waals surface area contributed by atoms with Crippen molar-refractivity contribution in [1.82, 2.24) is 8.28 Å². The van der Waals surface area contributed by atoms with Gasteiger partial charge < -0.3 is 4.74 Å². The van der Waals surface area contributed by atoms with Gasteiger partial charge in [0, 0.05) is 30.1 Å². The fourth-order valence-electron chi connectivity index (χ4n) is 5.94. The fourth-order valence-corrected chi connectivity index (χ4v) is 8.97. The molecule has 5 aromatic rings. The molecule has 222 valence electrons. The lowest BCUT2D eigenvalue weighted by Crippen LogP contribution is -2.31. The lowest BCUT2D eigenvalue weighted by atomic mass is 9.91. The van der Waals surface area contributed by atoms with E-state index in [-0.39, 0.29) is 22.9 Å². The standard InChI is InChI=1S/C34H34N2O5S2/c1-23-5-14-28(15-6-23)42(37,38)35-20-19-30(26-10-12-27(41-4)13-11-26)34-32(22-35)31-21-25(3)9-18-33(31)36(34)43(39,40)29-16-7-24(2)8-17-29/h5-18,21,30H,19-20,22H2,1-4H3. The van der Waals surface area contributed by atoms with Gasteiger partial charge in [-0.05, 0) is 86.8 Å². The Morgan fingerprint density at radius 3 is 1.84 bits per heavy atom. The van der Waals surface area contributed by atoms with Crippen LogP contribution in [0.4, 0.5) is 0 Å². The van der Waals surface area contributed by atoms with Crippen molar-refractivity contribution < 1.29 is 21.6 Å². The molecule has 0 N–H and O–H groups in total. The fraction of sp³-hybridized carbons (Fsp3) is 0.235. The highest BCUT2D eigenvalue weighted by Crippen LogP contribution is 2.43. The molecule has 1 aromatic heterocycles. The maximum Gasteiger partial charge on any atom is 0.268 e. The number of aryl methyl sites for hydroxylation is 3. The lowest BCUT2D eigenvalue weighted by molar-refractivity contribution is 0.405. The zero-order valence-corrected chi connectivity index (χ0v) is 26.2. The van der Waals surface area contributed by atoms with Crippen LogP contribution in [-0.2, 0) is 26.6 Å². The predicted octanol–water partition coefficient (Wildman–Crippen LogP) is 6.54. The van der Waals surface area contributed by atoms with Gasteiger partial charge >= 0.3 is 0 Å². The molecular formula is C34H34N2O5S2. The van der Waals surface area contributed by atoms with Gasteiger partial charge in [0.1, 0.15) is 5.75 Å². The molecule has 2 heterocycles. The van der Waals surface area contributed by atoms with Crippen molar-refractivity contribution in [3.63, 3.8) is 0 Å². The van der Waals surface area contributed by atoms with Crippen molar-refractivity contribution in [2.24, 2.45) is 0 Å². The molecule has 6 rings (SSSR count). The number of fused-ring (bicyclic) bond motifs is 3. The molecule has 9 heteroatoms. The second-order valence-corrected chi connectivity index (χ2v) is 15.0. The number of hydrogen-bond acceptors (Lipinski definition) is 5. The molecule has 1 atom stereocenters. The van der Waals surface area contributed by atoms with E-state index in [0.717, 1.165) is 27.6 Å². The van der Waals surface area contributed by atoms with Gasteiger partial charge in [0.15, 0.2) is 0 Å². The van der Waals surface area contributed by atoms with Crippen LogP contribution in [0.1, 0.15) is 45.8 Å². The Balaban J connectivity index is 1.63. The molecule has 1 unspecified atom stereocenters. The minimum atomic E-state index is -4.05. The minimum absolute atomic E-state index is 0.0502. The van der Waals surface area contributed by atoms with Crippen LogP contribution in [0.5, 0.6) is 5.75 Å². The van der Waals surface area contributed by atoms with Crippen LogP contribution in [0.2, 0.25) is 0 Å². The molecule has 1 aliphatic rings. The highest BCUT2D eigenvalue weighted by molar-refractivity contribution is 7.90. The van der Waals surface area contributed by atoms with Gasteiger partial charge in [-0.25, -0.2) is 20.8 Å². The zero-order valence-electron chi connectivity index (χ0n) is 24.6. The molecule has 0 aliphatic carbocycles. The van der Waals surface area contributed by atoms with E-state index in [1.54, 1.807) is 55.6 Å². The average molecular weight is 615 g/mol. The first kappa shape index (κ1) is 29.2. The van der Waals surface area contributed by atoms with Crippen molar-refractivity contribution in [3.05, 3.63) is 125 Å². The molecule has 0 bridgehead atoms. The normalized spacial score (nSPS) is 16.1. The number of methoxy groups -OCH3 is 1. The van der Waals surface area contributed by atoms with Crippen LogP contribution >= 0.6 is 0 Å². The van der Waals surface area contributed by atoms with Crippen LogP contribution in [0.15, 0.2) is 101 Å². The Labute approximate surface area is 253 Å². The Hall–Kier alpha value is -3.92. The van der Waals surface area contributed by atoms with Crippen LogP contribution in [0.3, 0.4) is 0 Å². The number of benzene rings is 4. The number of sulfonamides is 1. The second-order valence-electron chi connectivity index (χ2n) is 11.2. The average Bonchev–Trinajstić information content (AvgIpc) is 3.17. The zero-order chi connectivity index (χ0) is 30.5. The first-order valence-corrected chi connectivity index (χ1v) is 17.1. The van der Waals surface area contributed by atoms with Gasteiger partial charge in [0.25, 0.3) is 10.0 Å². The minimum Gasteiger partial charge on any atom is -0.497 e. The second kappa shape index (κ2) is 11.0. The van der Waals surface area contributed by atoms with E-state index in [4.69, 9.17) is 4.74 Å². The van der Waals surface area contributed by atoms with E-state index in [1.165, 1.54) is 8.28 Å². The van der Waals surface area contributed by atoms with Crippen LogP contribution in [0.25, 0.3) is 10.9 Å². The topological polar surface area (TPSA) is 85.7 Å². The summed E-state index contributed by atoms with van der Waals surface area (Å²) in [7, 11) is -6.32. The molecule has 0 spiro atoms. The third-order valence-electron chi connectivity index (χ3n) is 8.29. The summed E-state index contributed by atoms with van der Waals surface area (Å²) in [6.07, 6.45) is 0.392. The number of hydrogen-bond donors (Lipinski definition) is 0. The van der Waals surface area contributed by atoms with Gasteiger partial charge in [-0.15, -0.1) is 0 Å². The highest BCUT2D eigenvalue weighted by atomic mass is 32.2. The van der Waals surface area contributed by atoms with E-state index in [0.29, 0.717) is 28.9 Å². The molecule has 1 aliphatic heterocycles. The molecule has 4 aromatic carbocycles. The van der Waals surface area contributed by atoms with Crippen molar-refractivity contribution in [1.29, 1.82) is 0 Å². The van der Waals surface area contributed by atoms with Crippen molar-refractivity contribution in [3.8, 4) is 5.75 Å². The lowest BCUT2D eigenvalue weighted by Gasteiger charge is -2.22.